The monoisotopic (exact) mass is 463 g/mol. The van der Waals surface area contributed by atoms with Crippen LogP contribution < -0.4 is 5.32 Å². The molecule has 1 aromatic heterocycles. The predicted octanol–water partition coefficient (Wildman–Crippen LogP) is 3.65. The van der Waals surface area contributed by atoms with Gasteiger partial charge in [-0.25, -0.2) is 9.18 Å². The van der Waals surface area contributed by atoms with Crippen molar-refractivity contribution in [3.05, 3.63) is 51.1 Å². The Morgan fingerprint density at radius 2 is 2.12 bits per heavy atom. The molecule has 32 heavy (non-hydrogen) atoms. The molecule has 172 valence electrons. The lowest BCUT2D eigenvalue weighted by Gasteiger charge is -2.36. The number of ether oxygens (including phenoxy) is 1. The Hall–Kier alpha value is -2.45. The maximum absolute atomic E-state index is 13.9. The van der Waals surface area contributed by atoms with Gasteiger partial charge < -0.3 is 15.2 Å². The Labute approximate surface area is 190 Å². The second kappa shape index (κ2) is 9.19. The Morgan fingerprint density at radius 3 is 2.81 bits per heavy atom. The number of aromatic nitrogens is 2. The first-order valence-corrected chi connectivity index (χ1v) is 11.4. The Kier molecular flexibility index (Phi) is 6.53. The topological polar surface area (TPSA) is 93.5 Å². The van der Waals surface area contributed by atoms with Crippen LogP contribution in [0.4, 0.5) is 4.39 Å². The molecule has 2 N–H and O–H groups in total. The SMILES string of the molecule is CCc1nn(CCCc2c(C(=O)O)ccc(F)c2Cl)c2c1C(=O)NCC1(CCOCC1)C2. The fourth-order valence-electron chi connectivity index (χ4n) is 4.80. The van der Waals surface area contributed by atoms with Gasteiger partial charge >= 0.3 is 5.97 Å². The van der Waals surface area contributed by atoms with Crippen molar-refractivity contribution < 1.29 is 23.8 Å². The normalized spacial score (nSPS) is 17.7. The largest absolute Gasteiger partial charge is 0.478 e. The molecule has 0 atom stereocenters. The first kappa shape index (κ1) is 22.7. The number of rotatable bonds is 6. The van der Waals surface area contributed by atoms with Crippen LogP contribution in [0, 0.1) is 11.2 Å². The molecule has 2 aromatic rings. The Morgan fingerprint density at radius 1 is 1.38 bits per heavy atom. The molecule has 1 aromatic carbocycles. The van der Waals surface area contributed by atoms with E-state index in [1.165, 1.54) is 6.07 Å². The van der Waals surface area contributed by atoms with E-state index in [0.717, 1.165) is 36.7 Å². The highest BCUT2D eigenvalue weighted by molar-refractivity contribution is 6.32. The molecule has 0 saturated carbocycles. The maximum atomic E-state index is 13.9. The molecule has 1 saturated heterocycles. The summed E-state index contributed by atoms with van der Waals surface area (Å²) in [5.41, 5.74) is 2.58. The summed E-state index contributed by atoms with van der Waals surface area (Å²) in [6.45, 7) is 4.43. The van der Waals surface area contributed by atoms with E-state index >= 15 is 0 Å². The van der Waals surface area contributed by atoms with Crippen LogP contribution >= 0.6 is 11.6 Å². The highest BCUT2D eigenvalue weighted by atomic mass is 35.5. The summed E-state index contributed by atoms with van der Waals surface area (Å²) in [5, 5.41) is 17.1. The van der Waals surface area contributed by atoms with Gasteiger partial charge in [-0.05, 0) is 61.6 Å². The van der Waals surface area contributed by atoms with Crippen LogP contribution in [-0.2, 0) is 30.5 Å². The van der Waals surface area contributed by atoms with Crippen LogP contribution in [0.5, 0.6) is 0 Å². The van der Waals surface area contributed by atoms with Crippen molar-refractivity contribution in [1.29, 1.82) is 0 Å². The quantitative estimate of drug-likeness (QED) is 0.682. The lowest BCUT2D eigenvalue weighted by Crippen LogP contribution is -2.40. The molecule has 1 amide bonds. The van der Waals surface area contributed by atoms with Gasteiger partial charge in [-0.3, -0.25) is 9.48 Å². The van der Waals surface area contributed by atoms with Gasteiger partial charge in [0.2, 0.25) is 0 Å². The molecule has 9 heteroatoms. The molecule has 1 fully saturated rings. The summed E-state index contributed by atoms with van der Waals surface area (Å²) in [6.07, 6.45) is 3.93. The standard InChI is InChI=1S/C23H27ClFN3O4/c1-2-17-19-18(12-23(13-26-21(19)29)7-10-32-11-8-23)28(27-17)9-3-4-14-15(22(30)31)5-6-16(25)20(14)24/h5-6H,2-4,7-13H2,1H3,(H,26,29)(H,30,31). The number of carboxylic acids is 1. The van der Waals surface area contributed by atoms with Gasteiger partial charge in [0.1, 0.15) is 5.82 Å². The van der Waals surface area contributed by atoms with Gasteiger partial charge in [0, 0.05) is 26.3 Å². The number of hydrogen-bond acceptors (Lipinski definition) is 4. The Balaban J connectivity index is 1.60. The maximum Gasteiger partial charge on any atom is 0.336 e. The summed E-state index contributed by atoms with van der Waals surface area (Å²) in [6, 6.07) is 2.31. The third kappa shape index (κ3) is 4.26. The molecule has 0 bridgehead atoms. The predicted molar refractivity (Wildman–Crippen MR) is 117 cm³/mol. The molecule has 2 aliphatic heterocycles. The van der Waals surface area contributed by atoms with E-state index in [4.69, 9.17) is 21.4 Å². The number of aromatic carboxylic acids is 1. The minimum atomic E-state index is -1.14. The average molecular weight is 464 g/mol. The number of carbonyl (C=O) groups excluding carboxylic acids is 1. The van der Waals surface area contributed by atoms with Crippen LogP contribution in [0.15, 0.2) is 12.1 Å². The smallest absolute Gasteiger partial charge is 0.336 e. The number of fused-ring (bicyclic) bond motifs is 1. The number of carbonyl (C=O) groups is 2. The molecule has 4 rings (SSSR count). The van der Waals surface area contributed by atoms with Crippen LogP contribution in [0.1, 0.15) is 63.9 Å². The van der Waals surface area contributed by atoms with Gasteiger partial charge in [-0.1, -0.05) is 18.5 Å². The third-order valence-electron chi connectivity index (χ3n) is 6.64. The summed E-state index contributed by atoms with van der Waals surface area (Å²) in [4.78, 5) is 24.4. The lowest BCUT2D eigenvalue weighted by atomic mass is 9.76. The van der Waals surface area contributed by atoms with Crippen molar-refractivity contribution in [2.45, 2.75) is 52.0 Å². The van der Waals surface area contributed by atoms with Crippen molar-refractivity contribution in [2.24, 2.45) is 5.41 Å². The number of benzene rings is 1. The Bertz CT molecular complexity index is 1050. The van der Waals surface area contributed by atoms with Crippen LogP contribution in [0.3, 0.4) is 0 Å². The summed E-state index contributed by atoms with van der Waals surface area (Å²) in [5.74, 6) is -1.86. The third-order valence-corrected chi connectivity index (χ3v) is 7.04. The molecule has 3 heterocycles. The van der Waals surface area contributed by atoms with E-state index < -0.39 is 11.8 Å². The van der Waals surface area contributed by atoms with E-state index in [1.54, 1.807) is 0 Å². The molecule has 2 aliphatic rings. The van der Waals surface area contributed by atoms with Crippen LogP contribution in [0.2, 0.25) is 5.02 Å². The second-order valence-electron chi connectivity index (χ2n) is 8.61. The number of carboxylic acid groups (broad SMARTS) is 1. The molecule has 0 aliphatic carbocycles. The minimum Gasteiger partial charge on any atom is -0.478 e. The number of halogens is 2. The summed E-state index contributed by atoms with van der Waals surface area (Å²) in [7, 11) is 0. The van der Waals surface area contributed by atoms with Crippen LogP contribution in [-0.4, -0.2) is 46.5 Å². The fourth-order valence-corrected chi connectivity index (χ4v) is 5.06. The molecular formula is C23H27ClFN3O4. The molecule has 0 unspecified atom stereocenters. The first-order chi connectivity index (χ1) is 15.3. The zero-order valence-corrected chi connectivity index (χ0v) is 18.8. The molecular weight excluding hydrogens is 437 g/mol. The van der Waals surface area contributed by atoms with E-state index in [-0.39, 0.29) is 27.5 Å². The number of hydrogen-bond donors (Lipinski definition) is 2. The molecule has 7 nitrogen and oxygen atoms in total. The first-order valence-electron chi connectivity index (χ1n) is 11.0. The van der Waals surface area contributed by atoms with Crippen LogP contribution in [0.25, 0.3) is 0 Å². The van der Waals surface area contributed by atoms with E-state index in [0.29, 0.717) is 51.1 Å². The zero-order valence-electron chi connectivity index (χ0n) is 18.0. The van der Waals surface area contributed by atoms with Crippen molar-refractivity contribution in [2.75, 3.05) is 19.8 Å². The van der Waals surface area contributed by atoms with Crippen molar-refractivity contribution in [1.82, 2.24) is 15.1 Å². The van der Waals surface area contributed by atoms with Crippen molar-refractivity contribution in [3.63, 3.8) is 0 Å². The highest BCUT2D eigenvalue weighted by Gasteiger charge is 2.39. The van der Waals surface area contributed by atoms with E-state index in [2.05, 4.69) is 5.32 Å². The average Bonchev–Trinajstić information content (AvgIpc) is 3.05. The number of aryl methyl sites for hydroxylation is 2. The molecule has 0 radical (unpaired) electrons. The number of nitrogens with one attached hydrogen (secondary N) is 1. The van der Waals surface area contributed by atoms with Crippen molar-refractivity contribution in [3.8, 4) is 0 Å². The fraction of sp³-hybridized carbons (Fsp3) is 0.522. The summed E-state index contributed by atoms with van der Waals surface area (Å²) < 4.78 is 21.4. The lowest BCUT2D eigenvalue weighted by molar-refractivity contribution is 0.0152. The zero-order chi connectivity index (χ0) is 22.9. The molecule has 1 spiro atoms. The highest BCUT2D eigenvalue weighted by Crippen LogP contribution is 2.37. The van der Waals surface area contributed by atoms with Crippen molar-refractivity contribution >= 4 is 23.5 Å². The number of nitrogens with zero attached hydrogens (tertiary/aromatic N) is 2. The minimum absolute atomic E-state index is 0.00507. The summed E-state index contributed by atoms with van der Waals surface area (Å²) >= 11 is 6.08. The van der Waals surface area contributed by atoms with Gasteiger partial charge in [-0.15, -0.1) is 0 Å². The van der Waals surface area contributed by atoms with E-state index in [9.17, 15) is 19.1 Å². The second-order valence-corrected chi connectivity index (χ2v) is 8.99. The van der Waals surface area contributed by atoms with Gasteiger partial charge in [0.25, 0.3) is 5.91 Å². The van der Waals surface area contributed by atoms with Gasteiger partial charge in [0.05, 0.1) is 27.5 Å². The number of amides is 1. The van der Waals surface area contributed by atoms with E-state index in [1.807, 2.05) is 11.6 Å². The van der Waals surface area contributed by atoms with Gasteiger partial charge in [-0.2, -0.15) is 5.10 Å². The van der Waals surface area contributed by atoms with Gasteiger partial charge in [0.15, 0.2) is 0 Å².